The van der Waals surface area contributed by atoms with Crippen LogP contribution in [-0.2, 0) is 22.4 Å². The Morgan fingerprint density at radius 1 is 1.33 bits per heavy atom. The van der Waals surface area contributed by atoms with Crippen molar-refractivity contribution < 1.29 is 14.3 Å². The largest absolute Gasteiger partial charge is 0.465 e. The summed E-state index contributed by atoms with van der Waals surface area (Å²) in [6.07, 6.45) is 8.12. The normalized spacial score (nSPS) is 19.7. The minimum absolute atomic E-state index is 0.0720. The number of thiophene rings is 1. The van der Waals surface area contributed by atoms with Crippen LogP contribution >= 0.6 is 11.3 Å². The van der Waals surface area contributed by atoms with Gasteiger partial charge in [0.2, 0.25) is 5.91 Å². The monoisotopic (exact) mass is 387 g/mol. The number of hydrogen-bond donors (Lipinski definition) is 2. The maximum absolute atomic E-state index is 12.8. The molecule has 3 heterocycles. The number of nitrogens with zero attached hydrogens (tertiary/aromatic N) is 1. The molecule has 6 nitrogen and oxygen atoms in total. The number of hydrogen-bond acceptors (Lipinski definition) is 5. The molecule has 4 rings (SSSR count). The predicted molar refractivity (Wildman–Crippen MR) is 105 cm³/mol. The fraction of sp³-hybridized carbons (Fsp3) is 0.500. The molecule has 1 aliphatic carbocycles. The molecule has 144 valence electrons. The highest BCUT2D eigenvalue weighted by Gasteiger charge is 2.30. The molecule has 2 aromatic heterocycles. The van der Waals surface area contributed by atoms with Crippen molar-refractivity contribution in [2.24, 2.45) is 0 Å². The van der Waals surface area contributed by atoms with Crippen molar-refractivity contribution in [3.8, 4) is 0 Å². The van der Waals surface area contributed by atoms with E-state index in [-0.39, 0.29) is 17.9 Å². The number of ether oxygens (including phenoxy) is 1. The van der Waals surface area contributed by atoms with E-state index in [1.807, 2.05) is 12.3 Å². The lowest BCUT2D eigenvalue weighted by Crippen LogP contribution is -2.33. The van der Waals surface area contributed by atoms with Crippen LogP contribution in [0.5, 0.6) is 0 Å². The predicted octanol–water partition coefficient (Wildman–Crippen LogP) is 3.52. The first-order valence-electron chi connectivity index (χ1n) is 9.57. The van der Waals surface area contributed by atoms with Gasteiger partial charge in [-0.2, -0.15) is 0 Å². The second-order valence-corrected chi connectivity index (χ2v) is 8.31. The van der Waals surface area contributed by atoms with E-state index in [9.17, 15) is 9.59 Å². The number of methoxy groups -OCH3 is 1. The van der Waals surface area contributed by atoms with Crippen molar-refractivity contribution in [1.82, 2.24) is 9.88 Å². The van der Waals surface area contributed by atoms with E-state index < -0.39 is 0 Å². The van der Waals surface area contributed by atoms with E-state index in [1.54, 1.807) is 0 Å². The van der Waals surface area contributed by atoms with Gasteiger partial charge in [-0.15, -0.1) is 11.3 Å². The molecule has 0 radical (unpaired) electrons. The lowest BCUT2D eigenvalue weighted by Gasteiger charge is -2.23. The molecule has 2 aromatic rings. The van der Waals surface area contributed by atoms with Crippen LogP contribution in [0.1, 0.15) is 58.2 Å². The summed E-state index contributed by atoms with van der Waals surface area (Å²) < 4.78 is 4.98. The molecule has 0 aromatic carbocycles. The Bertz CT molecular complexity index is 828. The zero-order valence-electron chi connectivity index (χ0n) is 15.5. The highest BCUT2D eigenvalue weighted by atomic mass is 32.1. The minimum Gasteiger partial charge on any atom is -0.465 e. The van der Waals surface area contributed by atoms with Gasteiger partial charge in [0.15, 0.2) is 0 Å². The van der Waals surface area contributed by atoms with Crippen LogP contribution in [0.3, 0.4) is 0 Å². The molecule has 1 unspecified atom stereocenters. The van der Waals surface area contributed by atoms with E-state index in [2.05, 4.69) is 21.3 Å². The summed E-state index contributed by atoms with van der Waals surface area (Å²) in [5, 5.41) is 3.65. The Morgan fingerprint density at radius 3 is 2.96 bits per heavy atom. The maximum Gasteiger partial charge on any atom is 0.341 e. The first-order chi connectivity index (χ1) is 13.2. The van der Waals surface area contributed by atoms with Crippen LogP contribution in [0, 0.1) is 0 Å². The third-order valence-corrected chi connectivity index (χ3v) is 6.71. The zero-order chi connectivity index (χ0) is 18.8. The number of nitrogens with one attached hydrogen (secondary N) is 2. The summed E-state index contributed by atoms with van der Waals surface area (Å²) in [7, 11) is 1.39. The topological polar surface area (TPSA) is 74.4 Å². The summed E-state index contributed by atoms with van der Waals surface area (Å²) >= 11 is 1.53. The molecule has 2 aliphatic rings. The standard InChI is InChI=1S/C20H25N3O3S/c1-26-20(25)18-13-6-2-3-9-16(13)27-19(18)22-17(24)12-23-11-5-8-15(23)14-7-4-10-21-14/h4,7,10,15,21H,2-3,5-6,8-9,11-12H2,1H3,(H,22,24). The smallest absolute Gasteiger partial charge is 0.341 e. The Hall–Kier alpha value is -2.12. The van der Waals surface area contributed by atoms with Gasteiger partial charge in [0, 0.05) is 16.8 Å². The molecule has 0 bridgehead atoms. The number of carbonyl (C=O) groups is 2. The second-order valence-electron chi connectivity index (χ2n) is 7.21. The molecular weight excluding hydrogens is 362 g/mol. The molecule has 1 amide bonds. The number of aromatic nitrogens is 1. The highest BCUT2D eigenvalue weighted by molar-refractivity contribution is 7.17. The van der Waals surface area contributed by atoms with Crippen LogP contribution in [0.25, 0.3) is 0 Å². The molecule has 27 heavy (non-hydrogen) atoms. The van der Waals surface area contributed by atoms with Gasteiger partial charge < -0.3 is 15.0 Å². The molecule has 1 aliphatic heterocycles. The lowest BCUT2D eigenvalue weighted by atomic mass is 9.95. The number of aryl methyl sites for hydroxylation is 1. The molecule has 0 saturated carbocycles. The van der Waals surface area contributed by atoms with Crippen LogP contribution in [0.2, 0.25) is 0 Å². The fourth-order valence-corrected chi connectivity index (χ4v) is 5.54. The third kappa shape index (κ3) is 3.66. The van der Waals surface area contributed by atoms with Crippen LogP contribution in [-0.4, -0.2) is 42.0 Å². The number of H-pyrrole nitrogens is 1. The summed E-state index contributed by atoms with van der Waals surface area (Å²) in [4.78, 5) is 31.7. The Morgan fingerprint density at radius 2 is 2.19 bits per heavy atom. The number of fused-ring (bicyclic) bond motifs is 1. The van der Waals surface area contributed by atoms with Crippen LogP contribution in [0.4, 0.5) is 5.00 Å². The Labute approximate surface area is 162 Å². The summed E-state index contributed by atoms with van der Waals surface area (Å²) in [6, 6.07) is 4.32. The molecule has 1 saturated heterocycles. The van der Waals surface area contributed by atoms with Gasteiger partial charge >= 0.3 is 5.97 Å². The van der Waals surface area contributed by atoms with E-state index in [1.165, 1.54) is 23.3 Å². The number of anilines is 1. The van der Waals surface area contributed by atoms with Crippen molar-refractivity contribution in [1.29, 1.82) is 0 Å². The quantitative estimate of drug-likeness (QED) is 0.770. The van der Waals surface area contributed by atoms with E-state index >= 15 is 0 Å². The van der Waals surface area contributed by atoms with E-state index in [0.717, 1.165) is 56.3 Å². The fourth-order valence-electron chi connectivity index (χ4n) is 4.24. The van der Waals surface area contributed by atoms with Crippen molar-refractivity contribution >= 4 is 28.2 Å². The first kappa shape index (κ1) is 18.3. The van der Waals surface area contributed by atoms with Crippen molar-refractivity contribution in [3.05, 3.63) is 40.0 Å². The average Bonchev–Trinajstić information content (AvgIpc) is 3.40. The minimum atomic E-state index is -0.352. The molecule has 1 atom stereocenters. The van der Waals surface area contributed by atoms with Crippen LogP contribution < -0.4 is 5.32 Å². The van der Waals surface area contributed by atoms with Gasteiger partial charge in [0.25, 0.3) is 0 Å². The second kappa shape index (κ2) is 7.86. The van der Waals surface area contributed by atoms with Gasteiger partial charge in [-0.25, -0.2) is 4.79 Å². The number of likely N-dealkylation sites (tertiary alicyclic amines) is 1. The number of amides is 1. The Kier molecular flexibility index (Phi) is 5.31. The molecule has 7 heteroatoms. The maximum atomic E-state index is 12.8. The van der Waals surface area contributed by atoms with E-state index in [4.69, 9.17) is 4.74 Å². The summed E-state index contributed by atoms with van der Waals surface area (Å²) in [6.45, 7) is 1.23. The van der Waals surface area contributed by atoms with Crippen molar-refractivity contribution in [2.45, 2.75) is 44.6 Å². The molecule has 2 N–H and O–H groups in total. The number of carbonyl (C=O) groups excluding carboxylic acids is 2. The average molecular weight is 388 g/mol. The third-order valence-electron chi connectivity index (χ3n) is 5.51. The van der Waals surface area contributed by atoms with Gasteiger partial charge in [-0.3, -0.25) is 9.69 Å². The number of aromatic amines is 1. The van der Waals surface area contributed by atoms with Crippen molar-refractivity contribution in [3.63, 3.8) is 0 Å². The molecule has 0 spiro atoms. The Balaban J connectivity index is 1.50. The SMILES string of the molecule is COC(=O)c1c(NC(=O)CN2CCCC2c2ccc[nH]2)sc2c1CCCC2. The molecular formula is C20H25N3O3S. The van der Waals surface area contributed by atoms with Gasteiger partial charge in [0.05, 0.1) is 25.3 Å². The highest BCUT2D eigenvalue weighted by Crippen LogP contribution is 2.38. The lowest BCUT2D eigenvalue weighted by molar-refractivity contribution is -0.117. The number of rotatable bonds is 5. The van der Waals surface area contributed by atoms with Gasteiger partial charge in [-0.1, -0.05) is 0 Å². The summed E-state index contributed by atoms with van der Waals surface area (Å²) in [5.74, 6) is -0.424. The first-order valence-corrected chi connectivity index (χ1v) is 10.4. The van der Waals surface area contributed by atoms with Crippen LogP contribution in [0.15, 0.2) is 18.3 Å². The van der Waals surface area contributed by atoms with Gasteiger partial charge in [0.1, 0.15) is 5.00 Å². The van der Waals surface area contributed by atoms with Gasteiger partial charge in [-0.05, 0) is 62.8 Å². The molecule has 1 fully saturated rings. The zero-order valence-corrected chi connectivity index (χ0v) is 16.4. The number of esters is 1. The summed E-state index contributed by atoms with van der Waals surface area (Å²) in [5.41, 5.74) is 2.79. The van der Waals surface area contributed by atoms with E-state index in [0.29, 0.717) is 17.1 Å². The van der Waals surface area contributed by atoms with Crippen molar-refractivity contribution in [2.75, 3.05) is 25.5 Å².